The van der Waals surface area contributed by atoms with E-state index in [-0.39, 0.29) is 18.2 Å². The smallest absolute Gasteiger partial charge is 0.327 e. The third-order valence-corrected chi connectivity index (χ3v) is 2.37. The molecule has 0 aromatic rings. The first-order chi connectivity index (χ1) is 6.90. The second-order valence-electron chi connectivity index (χ2n) is 3.39. The lowest BCUT2D eigenvalue weighted by atomic mass is 10.2. The standard InChI is InChI=1S/C9H17NO4S/c1-6(11)3-4-10(7(2)12)8(5-15)9(13)14/h6,8,11,15H,3-5H2,1-2H3,(H,13,14)/t6-,8-/m0/s1. The second-order valence-corrected chi connectivity index (χ2v) is 3.75. The third-order valence-electron chi connectivity index (χ3n) is 2.03. The van der Waals surface area contributed by atoms with Crippen molar-refractivity contribution in [1.29, 1.82) is 0 Å². The minimum absolute atomic E-state index is 0.0642. The summed E-state index contributed by atoms with van der Waals surface area (Å²) < 4.78 is 0. The van der Waals surface area contributed by atoms with Crippen LogP contribution in [0.15, 0.2) is 0 Å². The predicted octanol–water partition coefficient (Wildman–Crippen LogP) is -0.0112. The van der Waals surface area contributed by atoms with Gasteiger partial charge in [0.2, 0.25) is 5.91 Å². The van der Waals surface area contributed by atoms with E-state index in [0.29, 0.717) is 6.42 Å². The van der Waals surface area contributed by atoms with Crippen molar-refractivity contribution in [3.05, 3.63) is 0 Å². The molecule has 88 valence electrons. The average molecular weight is 235 g/mol. The van der Waals surface area contributed by atoms with E-state index >= 15 is 0 Å². The first-order valence-electron chi connectivity index (χ1n) is 4.69. The minimum Gasteiger partial charge on any atom is -0.480 e. The van der Waals surface area contributed by atoms with Crippen molar-refractivity contribution in [3.63, 3.8) is 0 Å². The Morgan fingerprint density at radius 1 is 1.47 bits per heavy atom. The van der Waals surface area contributed by atoms with Gasteiger partial charge in [-0.25, -0.2) is 4.79 Å². The van der Waals surface area contributed by atoms with Crippen LogP contribution in [0.4, 0.5) is 0 Å². The maximum Gasteiger partial charge on any atom is 0.327 e. The number of carboxylic acid groups (broad SMARTS) is 1. The fourth-order valence-electron chi connectivity index (χ4n) is 1.17. The van der Waals surface area contributed by atoms with E-state index in [4.69, 9.17) is 10.2 Å². The van der Waals surface area contributed by atoms with E-state index in [1.54, 1.807) is 6.92 Å². The van der Waals surface area contributed by atoms with Crippen molar-refractivity contribution in [1.82, 2.24) is 4.90 Å². The highest BCUT2D eigenvalue weighted by atomic mass is 32.1. The zero-order valence-corrected chi connectivity index (χ0v) is 9.78. The number of aliphatic hydroxyl groups excluding tert-OH is 1. The number of thiol groups is 1. The van der Waals surface area contributed by atoms with E-state index in [1.165, 1.54) is 11.8 Å². The summed E-state index contributed by atoms with van der Waals surface area (Å²) in [6, 6.07) is -0.926. The molecule has 1 amide bonds. The largest absolute Gasteiger partial charge is 0.480 e. The number of nitrogens with zero attached hydrogens (tertiary/aromatic N) is 1. The number of carbonyl (C=O) groups is 2. The van der Waals surface area contributed by atoms with Crippen molar-refractivity contribution in [3.8, 4) is 0 Å². The van der Waals surface area contributed by atoms with Crippen molar-refractivity contribution < 1.29 is 19.8 Å². The van der Waals surface area contributed by atoms with Gasteiger partial charge < -0.3 is 15.1 Å². The molecule has 0 aliphatic carbocycles. The van der Waals surface area contributed by atoms with Crippen LogP contribution in [0, 0.1) is 0 Å². The molecular formula is C9H17NO4S. The van der Waals surface area contributed by atoms with Gasteiger partial charge in [-0.2, -0.15) is 12.6 Å². The van der Waals surface area contributed by atoms with Gasteiger partial charge in [0.25, 0.3) is 0 Å². The molecule has 15 heavy (non-hydrogen) atoms. The number of carbonyl (C=O) groups excluding carboxylic acids is 1. The number of hydrogen-bond donors (Lipinski definition) is 3. The van der Waals surface area contributed by atoms with E-state index in [2.05, 4.69) is 12.6 Å². The van der Waals surface area contributed by atoms with Crippen LogP contribution < -0.4 is 0 Å². The highest BCUT2D eigenvalue weighted by Gasteiger charge is 2.26. The Balaban J connectivity index is 4.49. The van der Waals surface area contributed by atoms with Crippen LogP contribution in [-0.2, 0) is 9.59 Å². The summed E-state index contributed by atoms with van der Waals surface area (Å²) in [5, 5.41) is 17.9. The Kier molecular flexibility index (Phi) is 6.35. The van der Waals surface area contributed by atoms with E-state index in [0.717, 1.165) is 0 Å². The molecule has 0 bridgehead atoms. The Labute approximate surface area is 94.5 Å². The molecule has 0 fully saturated rings. The topological polar surface area (TPSA) is 77.8 Å². The van der Waals surface area contributed by atoms with Gasteiger partial charge in [-0.3, -0.25) is 4.79 Å². The molecule has 0 aliphatic heterocycles. The van der Waals surface area contributed by atoms with Gasteiger partial charge in [0, 0.05) is 19.2 Å². The molecule has 0 rings (SSSR count). The maximum absolute atomic E-state index is 11.2. The molecule has 2 N–H and O–H groups in total. The van der Waals surface area contributed by atoms with Gasteiger partial charge >= 0.3 is 5.97 Å². The fraction of sp³-hybridized carbons (Fsp3) is 0.778. The summed E-state index contributed by atoms with van der Waals surface area (Å²) in [6.07, 6.45) is -0.196. The summed E-state index contributed by atoms with van der Waals surface area (Å²) in [4.78, 5) is 23.2. The van der Waals surface area contributed by atoms with Crippen molar-refractivity contribution in [2.45, 2.75) is 32.4 Å². The van der Waals surface area contributed by atoms with Gasteiger partial charge in [0.05, 0.1) is 6.10 Å². The van der Waals surface area contributed by atoms with Gasteiger partial charge in [-0.05, 0) is 13.3 Å². The lowest BCUT2D eigenvalue weighted by Crippen LogP contribution is -2.46. The minimum atomic E-state index is -1.08. The first kappa shape index (κ1) is 14.2. The van der Waals surface area contributed by atoms with Crippen LogP contribution in [0.3, 0.4) is 0 Å². The molecule has 0 saturated carbocycles. The van der Waals surface area contributed by atoms with Crippen LogP contribution in [0.1, 0.15) is 20.3 Å². The summed E-state index contributed by atoms with van der Waals surface area (Å²) in [5.74, 6) is -1.34. The van der Waals surface area contributed by atoms with Crippen LogP contribution in [0.2, 0.25) is 0 Å². The predicted molar refractivity (Wildman–Crippen MR) is 59.0 cm³/mol. The number of aliphatic hydroxyl groups is 1. The fourth-order valence-corrected chi connectivity index (χ4v) is 1.52. The SMILES string of the molecule is CC(=O)N(CC[C@H](C)O)[C@@H](CS)C(=O)O. The Morgan fingerprint density at radius 3 is 2.27 bits per heavy atom. The van der Waals surface area contributed by atoms with Gasteiger partial charge in [0.15, 0.2) is 0 Å². The molecule has 0 unspecified atom stereocenters. The quantitative estimate of drug-likeness (QED) is 0.566. The number of hydrogen-bond acceptors (Lipinski definition) is 4. The van der Waals surface area contributed by atoms with E-state index < -0.39 is 18.1 Å². The normalized spacial score (nSPS) is 14.4. The zero-order chi connectivity index (χ0) is 12.0. The highest BCUT2D eigenvalue weighted by Crippen LogP contribution is 2.06. The molecule has 0 saturated heterocycles. The monoisotopic (exact) mass is 235 g/mol. The molecule has 0 radical (unpaired) electrons. The van der Waals surface area contributed by atoms with Crippen LogP contribution in [0.25, 0.3) is 0 Å². The highest BCUT2D eigenvalue weighted by molar-refractivity contribution is 7.80. The second kappa shape index (κ2) is 6.68. The van der Waals surface area contributed by atoms with Gasteiger partial charge in [-0.15, -0.1) is 0 Å². The van der Waals surface area contributed by atoms with Crippen molar-refractivity contribution in [2.75, 3.05) is 12.3 Å². The molecule has 0 spiro atoms. The molecular weight excluding hydrogens is 218 g/mol. The van der Waals surface area contributed by atoms with E-state index in [1.807, 2.05) is 0 Å². The lowest BCUT2D eigenvalue weighted by molar-refractivity contribution is -0.148. The van der Waals surface area contributed by atoms with E-state index in [9.17, 15) is 9.59 Å². The van der Waals surface area contributed by atoms with Crippen LogP contribution in [0.5, 0.6) is 0 Å². The molecule has 2 atom stereocenters. The van der Waals surface area contributed by atoms with Crippen LogP contribution in [-0.4, -0.2) is 51.4 Å². The Morgan fingerprint density at radius 2 is 2.00 bits per heavy atom. The third kappa shape index (κ3) is 5.03. The van der Waals surface area contributed by atoms with Crippen molar-refractivity contribution >= 4 is 24.5 Å². The zero-order valence-electron chi connectivity index (χ0n) is 8.88. The van der Waals surface area contributed by atoms with Gasteiger partial charge in [-0.1, -0.05) is 0 Å². The van der Waals surface area contributed by atoms with Crippen molar-refractivity contribution in [2.24, 2.45) is 0 Å². The molecule has 0 aromatic carbocycles. The number of rotatable bonds is 6. The molecule has 0 aliphatic rings. The summed E-state index contributed by atoms with van der Waals surface area (Å²) in [6.45, 7) is 3.13. The average Bonchev–Trinajstić information content (AvgIpc) is 2.10. The van der Waals surface area contributed by atoms with Gasteiger partial charge in [0.1, 0.15) is 6.04 Å². The lowest BCUT2D eigenvalue weighted by Gasteiger charge is -2.27. The summed E-state index contributed by atoms with van der Waals surface area (Å²) >= 11 is 3.90. The summed E-state index contributed by atoms with van der Waals surface area (Å²) in [5.41, 5.74) is 0. The summed E-state index contributed by atoms with van der Waals surface area (Å²) in [7, 11) is 0. The Hall–Kier alpha value is -0.750. The maximum atomic E-state index is 11.2. The number of amides is 1. The molecule has 6 heteroatoms. The first-order valence-corrected chi connectivity index (χ1v) is 5.32. The Bertz CT molecular complexity index is 232. The number of carboxylic acids is 1. The molecule has 0 aromatic heterocycles. The number of aliphatic carboxylic acids is 1. The van der Waals surface area contributed by atoms with Crippen LogP contribution >= 0.6 is 12.6 Å². The molecule has 5 nitrogen and oxygen atoms in total. The molecule has 0 heterocycles.